The smallest absolute Gasteiger partial charge is 0.339 e. The fourth-order valence-electron chi connectivity index (χ4n) is 3.91. The van der Waals surface area contributed by atoms with Crippen LogP contribution in [0, 0.1) is 0 Å². The summed E-state index contributed by atoms with van der Waals surface area (Å²) >= 11 is 0. The molecule has 34 heavy (non-hydrogen) atoms. The van der Waals surface area contributed by atoms with Crippen molar-refractivity contribution in [1.82, 2.24) is 19.7 Å². The Hall–Kier alpha value is -3.72. The van der Waals surface area contributed by atoms with Crippen LogP contribution in [0.2, 0.25) is 0 Å². The summed E-state index contributed by atoms with van der Waals surface area (Å²) in [7, 11) is 1.31. The van der Waals surface area contributed by atoms with E-state index in [1.54, 1.807) is 17.2 Å². The lowest BCUT2D eigenvalue weighted by atomic mass is 10.1. The number of carbonyl (C=O) groups excluding carboxylic acids is 2. The summed E-state index contributed by atoms with van der Waals surface area (Å²) in [6, 6.07) is 11.4. The lowest BCUT2D eigenvalue weighted by molar-refractivity contribution is -0.0402. The molecule has 1 amide bonds. The van der Waals surface area contributed by atoms with Crippen molar-refractivity contribution in [3.05, 3.63) is 71.8 Å². The van der Waals surface area contributed by atoms with E-state index < -0.39 is 5.97 Å². The number of aromatic nitrogens is 3. The Bertz CT molecular complexity index is 1130. The van der Waals surface area contributed by atoms with E-state index in [4.69, 9.17) is 14.2 Å². The van der Waals surface area contributed by atoms with E-state index in [2.05, 4.69) is 17.0 Å². The quantitative estimate of drug-likeness (QED) is 0.473. The Morgan fingerprint density at radius 3 is 2.76 bits per heavy atom. The number of hydrogen-bond acceptors (Lipinski definition) is 7. The summed E-state index contributed by atoms with van der Waals surface area (Å²) in [6.07, 6.45) is 5.93. The maximum atomic E-state index is 13.4. The van der Waals surface area contributed by atoms with Crippen LogP contribution >= 0.6 is 0 Å². The highest BCUT2D eigenvalue weighted by molar-refractivity contribution is 5.95. The number of rotatable bonds is 8. The van der Waals surface area contributed by atoms with Gasteiger partial charge in [-0.3, -0.25) is 9.78 Å². The second kappa shape index (κ2) is 10.9. The molecule has 1 aromatic carbocycles. The minimum atomic E-state index is -0.484. The van der Waals surface area contributed by atoms with Crippen LogP contribution in [0.3, 0.4) is 0 Å². The lowest BCUT2D eigenvalue weighted by Gasteiger charge is -2.32. The average Bonchev–Trinajstić information content (AvgIpc) is 3.31. The third kappa shape index (κ3) is 5.26. The molecule has 2 aromatic heterocycles. The van der Waals surface area contributed by atoms with Gasteiger partial charge in [-0.2, -0.15) is 5.10 Å². The molecule has 178 valence electrons. The predicted molar refractivity (Wildman–Crippen MR) is 124 cm³/mol. The first-order valence-electron chi connectivity index (χ1n) is 11.3. The van der Waals surface area contributed by atoms with Gasteiger partial charge >= 0.3 is 5.97 Å². The Labute approximate surface area is 198 Å². The molecule has 0 radical (unpaired) electrons. The van der Waals surface area contributed by atoms with E-state index in [9.17, 15) is 9.59 Å². The van der Waals surface area contributed by atoms with Gasteiger partial charge in [0.1, 0.15) is 18.5 Å². The topological polar surface area (TPSA) is 95.8 Å². The van der Waals surface area contributed by atoms with Gasteiger partial charge in [-0.05, 0) is 24.6 Å². The Morgan fingerprint density at radius 2 is 2.00 bits per heavy atom. The molecule has 1 aliphatic rings. The van der Waals surface area contributed by atoms with Crippen molar-refractivity contribution in [2.45, 2.75) is 25.9 Å². The molecule has 1 aliphatic heterocycles. The molecule has 0 spiro atoms. The molecular formula is C25H28N4O5. The molecule has 0 N–H and O–H groups in total. The van der Waals surface area contributed by atoms with Crippen molar-refractivity contribution < 1.29 is 23.8 Å². The summed E-state index contributed by atoms with van der Waals surface area (Å²) in [5.74, 6) is -0.111. The zero-order valence-electron chi connectivity index (χ0n) is 19.3. The Morgan fingerprint density at radius 1 is 1.18 bits per heavy atom. The molecule has 1 fully saturated rings. The number of methoxy groups -OCH3 is 1. The summed E-state index contributed by atoms with van der Waals surface area (Å²) in [5, 5.41) is 4.51. The third-order valence-corrected chi connectivity index (χ3v) is 5.58. The van der Waals surface area contributed by atoms with Gasteiger partial charge in [-0.1, -0.05) is 31.5 Å². The van der Waals surface area contributed by atoms with Crippen LogP contribution in [0.15, 0.2) is 55.0 Å². The SMILES string of the molecule is CCCc1c(C(=O)N2CCOC(COc3cncc(C(=O)OC)c3)C2)cnn1-c1ccccc1. The van der Waals surface area contributed by atoms with Crippen molar-refractivity contribution >= 4 is 11.9 Å². The Balaban J connectivity index is 1.44. The van der Waals surface area contributed by atoms with Gasteiger partial charge in [0.05, 0.1) is 55.2 Å². The first-order chi connectivity index (χ1) is 16.6. The van der Waals surface area contributed by atoms with Crippen LogP contribution < -0.4 is 4.74 Å². The minimum Gasteiger partial charge on any atom is -0.489 e. The fraction of sp³-hybridized carbons (Fsp3) is 0.360. The second-order valence-electron chi connectivity index (χ2n) is 7.96. The van der Waals surface area contributed by atoms with Gasteiger partial charge in [0.2, 0.25) is 0 Å². The highest BCUT2D eigenvalue weighted by Gasteiger charge is 2.28. The van der Waals surface area contributed by atoms with Crippen molar-refractivity contribution in [3.8, 4) is 11.4 Å². The number of para-hydroxylation sites is 1. The van der Waals surface area contributed by atoms with Crippen molar-refractivity contribution in [2.75, 3.05) is 33.4 Å². The molecule has 3 aromatic rings. The number of pyridine rings is 1. The zero-order chi connectivity index (χ0) is 23.9. The first kappa shape index (κ1) is 23.4. The molecule has 0 saturated carbocycles. The third-order valence-electron chi connectivity index (χ3n) is 5.58. The van der Waals surface area contributed by atoms with E-state index >= 15 is 0 Å². The second-order valence-corrected chi connectivity index (χ2v) is 7.96. The van der Waals surface area contributed by atoms with Crippen LogP contribution in [-0.2, 0) is 15.9 Å². The number of nitrogens with zero attached hydrogens (tertiary/aromatic N) is 4. The zero-order valence-corrected chi connectivity index (χ0v) is 19.3. The van der Waals surface area contributed by atoms with Gasteiger partial charge in [-0.15, -0.1) is 0 Å². The number of ether oxygens (including phenoxy) is 3. The maximum Gasteiger partial charge on any atom is 0.339 e. The van der Waals surface area contributed by atoms with Crippen LogP contribution in [0.1, 0.15) is 39.8 Å². The molecule has 1 unspecified atom stereocenters. The highest BCUT2D eigenvalue weighted by atomic mass is 16.5. The molecule has 3 heterocycles. The largest absolute Gasteiger partial charge is 0.489 e. The minimum absolute atomic E-state index is 0.0618. The summed E-state index contributed by atoms with van der Waals surface area (Å²) in [5.41, 5.74) is 2.76. The molecule has 1 saturated heterocycles. The molecular weight excluding hydrogens is 436 g/mol. The molecule has 1 atom stereocenters. The number of morpholine rings is 1. The summed E-state index contributed by atoms with van der Waals surface area (Å²) < 4.78 is 18.2. The van der Waals surface area contributed by atoms with Gasteiger partial charge in [0, 0.05) is 12.7 Å². The van der Waals surface area contributed by atoms with E-state index in [1.165, 1.54) is 19.5 Å². The highest BCUT2D eigenvalue weighted by Crippen LogP contribution is 2.20. The van der Waals surface area contributed by atoms with Crippen LogP contribution in [0.5, 0.6) is 5.75 Å². The molecule has 9 heteroatoms. The number of amides is 1. The van der Waals surface area contributed by atoms with Gasteiger partial charge in [-0.25, -0.2) is 9.48 Å². The molecule has 4 rings (SSSR count). The standard InChI is InChI=1S/C25H28N4O5/c1-3-7-23-22(15-27-29(23)19-8-5-4-6-9-19)24(30)28-10-11-33-21(16-28)17-34-20-12-18(13-26-14-20)25(31)32-2/h4-6,8-9,12-15,21H,3,7,10-11,16-17H2,1-2H3. The van der Waals surface area contributed by atoms with Crippen LogP contribution in [0.25, 0.3) is 5.69 Å². The number of benzene rings is 1. The number of esters is 1. The summed E-state index contributed by atoms with van der Waals surface area (Å²) in [6.45, 7) is 3.61. The van der Waals surface area contributed by atoms with E-state index in [0.29, 0.717) is 36.6 Å². The normalized spacial score (nSPS) is 15.7. The molecule has 9 nitrogen and oxygen atoms in total. The fourth-order valence-corrected chi connectivity index (χ4v) is 3.91. The van der Waals surface area contributed by atoms with E-state index in [0.717, 1.165) is 24.2 Å². The van der Waals surface area contributed by atoms with Gasteiger partial charge < -0.3 is 19.1 Å². The molecule has 0 aliphatic carbocycles. The summed E-state index contributed by atoms with van der Waals surface area (Å²) in [4.78, 5) is 30.9. The monoisotopic (exact) mass is 464 g/mol. The number of hydrogen-bond donors (Lipinski definition) is 0. The van der Waals surface area contributed by atoms with E-state index in [-0.39, 0.29) is 18.6 Å². The predicted octanol–water partition coefficient (Wildman–Crippen LogP) is 2.93. The molecule has 0 bridgehead atoms. The van der Waals surface area contributed by atoms with Gasteiger partial charge in [0.25, 0.3) is 5.91 Å². The average molecular weight is 465 g/mol. The van der Waals surface area contributed by atoms with Crippen LogP contribution in [0.4, 0.5) is 0 Å². The lowest BCUT2D eigenvalue weighted by Crippen LogP contribution is -2.47. The van der Waals surface area contributed by atoms with Crippen molar-refractivity contribution in [2.24, 2.45) is 0 Å². The Kier molecular flexibility index (Phi) is 7.54. The van der Waals surface area contributed by atoms with Crippen LogP contribution in [-0.4, -0.2) is 71.1 Å². The number of carbonyl (C=O) groups is 2. The van der Waals surface area contributed by atoms with E-state index in [1.807, 2.05) is 35.0 Å². The van der Waals surface area contributed by atoms with Crippen molar-refractivity contribution in [3.63, 3.8) is 0 Å². The first-order valence-corrected chi connectivity index (χ1v) is 11.3. The van der Waals surface area contributed by atoms with Crippen molar-refractivity contribution in [1.29, 1.82) is 0 Å². The van der Waals surface area contributed by atoms with Gasteiger partial charge in [0.15, 0.2) is 0 Å². The maximum absolute atomic E-state index is 13.4.